The lowest BCUT2D eigenvalue weighted by molar-refractivity contribution is -0.132. The van der Waals surface area contributed by atoms with E-state index in [2.05, 4.69) is 22.0 Å². The van der Waals surface area contributed by atoms with Crippen molar-refractivity contribution in [3.63, 3.8) is 0 Å². The maximum absolute atomic E-state index is 12.6. The molecule has 1 aromatic heterocycles. The van der Waals surface area contributed by atoms with Crippen LogP contribution in [0.1, 0.15) is 46.6 Å². The van der Waals surface area contributed by atoms with E-state index in [-0.39, 0.29) is 24.5 Å². The van der Waals surface area contributed by atoms with Gasteiger partial charge in [-0.1, -0.05) is 64.8 Å². The number of aromatic nitrogens is 2. The lowest BCUT2D eigenvalue weighted by Crippen LogP contribution is -2.48. The molecule has 2 heterocycles. The maximum atomic E-state index is 12.6. The molecule has 0 bridgehead atoms. The van der Waals surface area contributed by atoms with Crippen LogP contribution in [0.3, 0.4) is 0 Å². The van der Waals surface area contributed by atoms with Crippen molar-refractivity contribution in [2.75, 3.05) is 32.7 Å². The Morgan fingerprint density at radius 3 is 2.21 bits per heavy atom. The minimum absolute atomic E-state index is 0.0264. The van der Waals surface area contributed by atoms with Gasteiger partial charge in [-0.25, -0.2) is 0 Å². The number of carbonyl (C=O) groups excluding carboxylic acids is 2. The Labute approximate surface area is 200 Å². The molecule has 178 valence electrons. The minimum atomic E-state index is 0.0264. The van der Waals surface area contributed by atoms with Crippen LogP contribution in [0.2, 0.25) is 0 Å². The molecule has 0 atom stereocenters. The van der Waals surface area contributed by atoms with Gasteiger partial charge >= 0.3 is 0 Å². The number of aryl methyl sites for hydroxylation is 3. The fraction of sp³-hybridized carbons (Fsp3) is 0.407. The molecule has 7 heteroatoms. The number of Topliss-reactive ketones (excluding diaryl/α,β-unsaturated/α-hetero) is 1. The minimum Gasteiger partial charge on any atom is -0.340 e. The van der Waals surface area contributed by atoms with Gasteiger partial charge < -0.3 is 9.42 Å². The molecular weight excluding hydrogens is 428 g/mol. The van der Waals surface area contributed by atoms with E-state index in [1.54, 1.807) is 0 Å². The molecule has 1 amide bonds. The van der Waals surface area contributed by atoms with Crippen LogP contribution in [-0.4, -0.2) is 64.4 Å². The summed E-state index contributed by atoms with van der Waals surface area (Å²) < 4.78 is 5.41. The average Bonchev–Trinajstić information content (AvgIpc) is 3.32. The molecular formula is C27H32N4O3. The average molecular weight is 461 g/mol. The molecule has 2 aromatic carbocycles. The van der Waals surface area contributed by atoms with Crippen molar-refractivity contribution in [1.29, 1.82) is 0 Å². The van der Waals surface area contributed by atoms with Crippen LogP contribution in [0.4, 0.5) is 0 Å². The zero-order valence-electron chi connectivity index (χ0n) is 20.0. The van der Waals surface area contributed by atoms with Gasteiger partial charge in [-0.2, -0.15) is 4.98 Å². The number of hydrogen-bond acceptors (Lipinski definition) is 6. The van der Waals surface area contributed by atoms with Crippen molar-refractivity contribution in [1.82, 2.24) is 19.9 Å². The molecule has 3 aromatic rings. The number of carbonyl (C=O) groups is 2. The first-order chi connectivity index (χ1) is 16.5. The maximum Gasteiger partial charge on any atom is 0.227 e. The largest absolute Gasteiger partial charge is 0.340 e. The Kier molecular flexibility index (Phi) is 7.85. The van der Waals surface area contributed by atoms with Crippen LogP contribution in [0.25, 0.3) is 11.4 Å². The second-order valence-electron chi connectivity index (χ2n) is 8.99. The van der Waals surface area contributed by atoms with E-state index in [1.807, 2.05) is 60.4 Å². The van der Waals surface area contributed by atoms with Crippen LogP contribution < -0.4 is 0 Å². The third-order valence-electron chi connectivity index (χ3n) is 6.31. The van der Waals surface area contributed by atoms with Gasteiger partial charge in [0.1, 0.15) is 0 Å². The highest BCUT2D eigenvalue weighted by molar-refractivity contribution is 5.98. The fourth-order valence-corrected chi connectivity index (χ4v) is 4.11. The number of piperazine rings is 1. The smallest absolute Gasteiger partial charge is 0.227 e. The number of hydrogen-bond donors (Lipinski definition) is 0. The summed E-state index contributed by atoms with van der Waals surface area (Å²) in [5.41, 5.74) is 3.96. The molecule has 34 heavy (non-hydrogen) atoms. The van der Waals surface area contributed by atoms with Crippen molar-refractivity contribution in [2.45, 2.75) is 39.5 Å². The Hall–Kier alpha value is -3.32. The van der Waals surface area contributed by atoms with Crippen LogP contribution in [0.5, 0.6) is 0 Å². The van der Waals surface area contributed by atoms with Crippen molar-refractivity contribution in [2.24, 2.45) is 0 Å². The second-order valence-corrected chi connectivity index (χ2v) is 8.99. The van der Waals surface area contributed by atoms with E-state index >= 15 is 0 Å². The van der Waals surface area contributed by atoms with Crippen molar-refractivity contribution in [3.8, 4) is 11.4 Å². The van der Waals surface area contributed by atoms with E-state index in [0.29, 0.717) is 30.4 Å². The highest BCUT2D eigenvalue weighted by Crippen LogP contribution is 2.17. The Morgan fingerprint density at radius 1 is 0.882 bits per heavy atom. The van der Waals surface area contributed by atoms with Gasteiger partial charge in [0.2, 0.25) is 17.6 Å². The van der Waals surface area contributed by atoms with Crippen LogP contribution in [-0.2, 0) is 11.2 Å². The van der Waals surface area contributed by atoms with E-state index in [0.717, 1.165) is 43.6 Å². The van der Waals surface area contributed by atoms with E-state index in [1.165, 1.54) is 5.56 Å². The first kappa shape index (κ1) is 23.8. The molecule has 0 unspecified atom stereocenters. The molecule has 7 nitrogen and oxygen atoms in total. The van der Waals surface area contributed by atoms with E-state index in [9.17, 15) is 9.59 Å². The zero-order chi connectivity index (χ0) is 23.9. The van der Waals surface area contributed by atoms with Crippen molar-refractivity contribution in [3.05, 3.63) is 71.1 Å². The van der Waals surface area contributed by atoms with Gasteiger partial charge in [-0.15, -0.1) is 0 Å². The SMILES string of the molecule is Cc1ccc(C(=O)CCC(=O)N2CCN(CCCc3nc(-c4ccc(C)cc4)no3)CC2)cc1. The Balaban J connectivity index is 1.14. The van der Waals surface area contributed by atoms with Crippen LogP contribution >= 0.6 is 0 Å². The summed E-state index contributed by atoms with van der Waals surface area (Å²) in [6.07, 6.45) is 2.19. The van der Waals surface area contributed by atoms with Gasteiger partial charge in [-0.3, -0.25) is 14.5 Å². The predicted octanol–water partition coefficient (Wildman–Crippen LogP) is 4.09. The second kappa shape index (κ2) is 11.2. The normalized spacial score (nSPS) is 14.4. The summed E-state index contributed by atoms with van der Waals surface area (Å²) in [6, 6.07) is 15.6. The highest BCUT2D eigenvalue weighted by atomic mass is 16.5. The van der Waals surface area contributed by atoms with Crippen molar-refractivity contribution >= 4 is 11.7 Å². The van der Waals surface area contributed by atoms with Crippen LogP contribution in [0.15, 0.2) is 53.1 Å². The Morgan fingerprint density at radius 2 is 1.53 bits per heavy atom. The fourth-order valence-electron chi connectivity index (χ4n) is 4.11. The van der Waals surface area contributed by atoms with Gasteiger partial charge in [-0.05, 0) is 26.8 Å². The van der Waals surface area contributed by atoms with Gasteiger partial charge in [0.25, 0.3) is 0 Å². The topological polar surface area (TPSA) is 79.5 Å². The molecule has 1 aliphatic heterocycles. The van der Waals surface area contributed by atoms with Gasteiger partial charge in [0, 0.05) is 56.6 Å². The number of nitrogens with zero attached hydrogens (tertiary/aromatic N) is 4. The summed E-state index contributed by atoms with van der Waals surface area (Å²) in [6.45, 7) is 8.06. The summed E-state index contributed by atoms with van der Waals surface area (Å²) in [5.74, 6) is 1.37. The summed E-state index contributed by atoms with van der Waals surface area (Å²) in [4.78, 5) is 33.6. The molecule has 1 fully saturated rings. The number of ketones is 1. The number of rotatable bonds is 9. The molecule has 0 aliphatic carbocycles. The first-order valence-electron chi connectivity index (χ1n) is 12.0. The third-order valence-corrected chi connectivity index (χ3v) is 6.31. The standard InChI is InChI=1S/C27H32N4O3/c1-20-5-9-22(10-6-20)24(32)13-14-26(33)31-18-16-30(17-19-31)15-3-4-25-28-27(29-34-25)23-11-7-21(2)8-12-23/h5-12H,3-4,13-19H2,1-2H3. The summed E-state index contributed by atoms with van der Waals surface area (Å²) in [5, 5.41) is 4.10. The third kappa shape index (κ3) is 6.38. The predicted molar refractivity (Wildman–Crippen MR) is 131 cm³/mol. The van der Waals surface area contributed by atoms with Crippen LogP contribution in [0, 0.1) is 13.8 Å². The molecule has 0 N–H and O–H groups in total. The van der Waals surface area contributed by atoms with Crippen molar-refractivity contribution < 1.29 is 14.1 Å². The molecule has 0 radical (unpaired) electrons. The first-order valence-corrected chi connectivity index (χ1v) is 12.0. The molecule has 0 saturated carbocycles. The summed E-state index contributed by atoms with van der Waals surface area (Å²) in [7, 11) is 0. The summed E-state index contributed by atoms with van der Waals surface area (Å²) >= 11 is 0. The molecule has 1 aliphatic rings. The van der Waals surface area contributed by atoms with Gasteiger partial charge in [0.05, 0.1) is 0 Å². The quantitative estimate of drug-likeness (QED) is 0.448. The lowest BCUT2D eigenvalue weighted by Gasteiger charge is -2.34. The molecule has 1 saturated heterocycles. The number of amides is 1. The van der Waals surface area contributed by atoms with E-state index < -0.39 is 0 Å². The highest BCUT2D eigenvalue weighted by Gasteiger charge is 2.21. The van der Waals surface area contributed by atoms with E-state index in [4.69, 9.17) is 4.52 Å². The Bertz CT molecular complexity index is 1100. The molecule has 0 spiro atoms. The number of benzene rings is 2. The zero-order valence-corrected chi connectivity index (χ0v) is 20.0. The molecule has 4 rings (SSSR count). The monoisotopic (exact) mass is 460 g/mol. The lowest BCUT2D eigenvalue weighted by atomic mass is 10.0. The van der Waals surface area contributed by atoms with Gasteiger partial charge in [0.15, 0.2) is 5.78 Å².